The predicted molar refractivity (Wildman–Crippen MR) is 82.5 cm³/mol. The Morgan fingerprint density at radius 3 is 2.65 bits per heavy atom. The summed E-state index contributed by atoms with van der Waals surface area (Å²) < 4.78 is 5.86. The quantitative estimate of drug-likeness (QED) is 0.626. The van der Waals surface area contributed by atoms with E-state index in [-0.39, 0.29) is 0 Å². The average Bonchev–Trinajstić information content (AvgIpc) is 2.46. The summed E-state index contributed by atoms with van der Waals surface area (Å²) in [6.07, 6.45) is 1.63. The molecule has 0 saturated carbocycles. The van der Waals surface area contributed by atoms with Crippen LogP contribution in [0.4, 0.5) is 0 Å². The van der Waals surface area contributed by atoms with Crippen molar-refractivity contribution in [3.63, 3.8) is 0 Å². The lowest BCUT2D eigenvalue weighted by atomic mass is 10.1. The first-order valence-electron chi connectivity index (χ1n) is 6.14. The Morgan fingerprint density at radius 1 is 1.00 bits per heavy atom. The number of hydrogen-bond donors (Lipinski definition) is 0. The number of hydrogen-bond acceptors (Lipinski definition) is 2. The molecule has 2 aromatic carbocycles. The van der Waals surface area contributed by atoms with Gasteiger partial charge in [0.1, 0.15) is 17.5 Å². The molecule has 1 heterocycles. The van der Waals surface area contributed by atoms with E-state index in [9.17, 15) is 0 Å². The molecule has 100 valence electrons. The lowest BCUT2D eigenvalue weighted by Gasteiger charge is -2.10. The summed E-state index contributed by atoms with van der Waals surface area (Å²) in [7, 11) is 0. The molecule has 3 rings (SSSR count). The van der Waals surface area contributed by atoms with Crippen molar-refractivity contribution >= 4 is 34.0 Å². The van der Waals surface area contributed by atoms with Gasteiger partial charge in [-0.1, -0.05) is 59.6 Å². The van der Waals surface area contributed by atoms with E-state index in [1.54, 1.807) is 12.3 Å². The summed E-state index contributed by atoms with van der Waals surface area (Å²) >= 11 is 11.9. The highest BCUT2D eigenvalue weighted by Gasteiger charge is 2.05. The van der Waals surface area contributed by atoms with Crippen LogP contribution in [-0.4, -0.2) is 4.98 Å². The van der Waals surface area contributed by atoms with Gasteiger partial charge in [-0.25, -0.2) is 4.98 Å². The maximum atomic E-state index is 6.11. The standard InChI is InChI=1S/C16H11Cl2NO/c17-14-8-16(18)19-9-12(14)10-20-15-7-3-5-11-4-1-2-6-13(11)15/h1-9H,10H2. The summed E-state index contributed by atoms with van der Waals surface area (Å²) in [4.78, 5) is 4.02. The van der Waals surface area contributed by atoms with Crippen LogP contribution in [0.15, 0.2) is 54.7 Å². The minimum absolute atomic E-state index is 0.358. The van der Waals surface area contributed by atoms with Crippen LogP contribution in [0.2, 0.25) is 10.2 Å². The summed E-state index contributed by atoms with van der Waals surface area (Å²) in [5.41, 5.74) is 0.809. The minimum Gasteiger partial charge on any atom is -0.488 e. The van der Waals surface area contributed by atoms with Crippen LogP contribution in [0, 0.1) is 0 Å². The van der Waals surface area contributed by atoms with Crippen LogP contribution in [-0.2, 0) is 6.61 Å². The van der Waals surface area contributed by atoms with E-state index >= 15 is 0 Å². The molecular weight excluding hydrogens is 293 g/mol. The van der Waals surface area contributed by atoms with Gasteiger partial charge in [0.25, 0.3) is 0 Å². The van der Waals surface area contributed by atoms with Crippen molar-refractivity contribution in [2.24, 2.45) is 0 Å². The Kier molecular flexibility index (Phi) is 3.77. The third-order valence-electron chi connectivity index (χ3n) is 3.03. The van der Waals surface area contributed by atoms with Gasteiger partial charge in [0.05, 0.1) is 5.02 Å². The molecular formula is C16H11Cl2NO. The zero-order chi connectivity index (χ0) is 13.9. The first-order chi connectivity index (χ1) is 9.74. The van der Waals surface area contributed by atoms with Gasteiger partial charge < -0.3 is 4.74 Å². The van der Waals surface area contributed by atoms with Crippen LogP contribution >= 0.6 is 23.2 Å². The van der Waals surface area contributed by atoms with Crippen LogP contribution < -0.4 is 4.74 Å². The van der Waals surface area contributed by atoms with E-state index < -0.39 is 0 Å². The van der Waals surface area contributed by atoms with Gasteiger partial charge >= 0.3 is 0 Å². The Hall–Kier alpha value is -1.77. The molecule has 1 aromatic heterocycles. The van der Waals surface area contributed by atoms with Crippen molar-refractivity contribution < 1.29 is 4.74 Å². The maximum absolute atomic E-state index is 6.11. The van der Waals surface area contributed by atoms with Gasteiger partial charge in [-0.05, 0) is 17.5 Å². The zero-order valence-corrected chi connectivity index (χ0v) is 12.0. The van der Waals surface area contributed by atoms with E-state index in [0.29, 0.717) is 16.8 Å². The third-order valence-corrected chi connectivity index (χ3v) is 3.59. The second-order valence-electron chi connectivity index (χ2n) is 4.36. The third kappa shape index (κ3) is 2.72. The van der Waals surface area contributed by atoms with Crippen LogP contribution in [0.1, 0.15) is 5.56 Å². The highest BCUT2D eigenvalue weighted by Crippen LogP contribution is 2.27. The van der Waals surface area contributed by atoms with Crippen LogP contribution in [0.25, 0.3) is 10.8 Å². The SMILES string of the molecule is Clc1cc(Cl)c(COc2cccc3ccccc23)cn1. The van der Waals surface area contributed by atoms with Gasteiger partial charge in [0.15, 0.2) is 0 Å². The highest BCUT2D eigenvalue weighted by molar-refractivity contribution is 6.34. The molecule has 0 amide bonds. The Morgan fingerprint density at radius 2 is 1.80 bits per heavy atom. The number of halogens is 2. The number of pyridine rings is 1. The fraction of sp³-hybridized carbons (Fsp3) is 0.0625. The Labute approximate surface area is 126 Å². The van der Waals surface area contributed by atoms with Crippen molar-refractivity contribution in [3.05, 3.63) is 70.5 Å². The Bertz CT molecular complexity index is 753. The molecule has 0 aliphatic carbocycles. The number of nitrogens with zero attached hydrogens (tertiary/aromatic N) is 1. The van der Waals surface area contributed by atoms with E-state index in [4.69, 9.17) is 27.9 Å². The molecule has 0 aliphatic rings. The Balaban J connectivity index is 1.87. The lowest BCUT2D eigenvalue weighted by molar-refractivity contribution is 0.309. The van der Waals surface area contributed by atoms with Crippen LogP contribution in [0.5, 0.6) is 5.75 Å². The number of ether oxygens (including phenoxy) is 1. The topological polar surface area (TPSA) is 22.1 Å². The molecule has 3 aromatic rings. The monoisotopic (exact) mass is 303 g/mol. The number of aromatic nitrogens is 1. The summed E-state index contributed by atoms with van der Waals surface area (Å²) in [6.45, 7) is 0.358. The number of benzene rings is 2. The fourth-order valence-electron chi connectivity index (χ4n) is 2.02. The molecule has 0 radical (unpaired) electrons. The molecule has 0 atom stereocenters. The maximum Gasteiger partial charge on any atom is 0.130 e. The van der Waals surface area contributed by atoms with Gasteiger partial charge in [-0.3, -0.25) is 0 Å². The lowest BCUT2D eigenvalue weighted by Crippen LogP contribution is -1.97. The molecule has 4 heteroatoms. The molecule has 20 heavy (non-hydrogen) atoms. The summed E-state index contributed by atoms with van der Waals surface area (Å²) in [5, 5.41) is 3.16. The molecule has 0 saturated heterocycles. The summed E-state index contributed by atoms with van der Waals surface area (Å²) in [6, 6.07) is 15.7. The molecule has 0 N–H and O–H groups in total. The number of fused-ring (bicyclic) bond motifs is 1. The van der Waals surface area contributed by atoms with E-state index in [2.05, 4.69) is 17.1 Å². The molecule has 0 bridgehead atoms. The van der Waals surface area contributed by atoms with Gasteiger partial charge in [0, 0.05) is 17.1 Å². The number of rotatable bonds is 3. The largest absolute Gasteiger partial charge is 0.488 e. The normalized spacial score (nSPS) is 10.7. The van der Waals surface area contributed by atoms with E-state index in [1.165, 1.54) is 0 Å². The zero-order valence-electron chi connectivity index (χ0n) is 10.5. The van der Waals surface area contributed by atoms with Crippen molar-refractivity contribution in [2.45, 2.75) is 6.61 Å². The second kappa shape index (κ2) is 5.70. The highest BCUT2D eigenvalue weighted by atomic mass is 35.5. The van der Waals surface area contributed by atoms with Crippen LogP contribution in [0.3, 0.4) is 0 Å². The van der Waals surface area contributed by atoms with Crippen molar-refractivity contribution in [1.29, 1.82) is 0 Å². The second-order valence-corrected chi connectivity index (χ2v) is 5.16. The van der Waals surface area contributed by atoms with Crippen molar-refractivity contribution in [1.82, 2.24) is 4.98 Å². The van der Waals surface area contributed by atoms with E-state index in [1.807, 2.05) is 30.3 Å². The minimum atomic E-state index is 0.358. The van der Waals surface area contributed by atoms with Crippen molar-refractivity contribution in [2.75, 3.05) is 0 Å². The average molecular weight is 304 g/mol. The van der Waals surface area contributed by atoms with E-state index in [0.717, 1.165) is 22.1 Å². The molecule has 0 unspecified atom stereocenters. The molecule has 0 spiro atoms. The van der Waals surface area contributed by atoms with Gasteiger partial charge in [-0.2, -0.15) is 0 Å². The molecule has 0 fully saturated rings. The predicted octanol–water partition coefficient (Wildman–Crippen LogP) is 5.12. The smallest absolute Gasteiger partial charge is 0.130 e. The van der Waals surface area contributed by atoms with Crippen molar-refractivity contribution in [3.8, 4) is 5.75 Å². The van der Waals surface area contributed by atoms with Gasteiger partial charge in [-0.15, -0.1) is 0 Å². The first-order valence-corrected chi connectivity index (χ1v) is 6.90. The first kappa shape index (κ1) is 13.2. The molecule has 0 aliphatic heterocycles. The fourth-order valence-corrected chi connectivity index (χ4v) is 2.44. The van der Waals surface area contributed by atoms with Gasteiger partial charge in [0.2, 0.25) is 0 Å². The summed E-state index contributed by atoms with van der Waals surface area (Å²) in [5.74, 6) is 0.828. The molecule has 2 nitrogen and oxygen atoms in total.